The van der Waals surface area contributed by atoms with Crippen molar-refractivity contribution in [3.63, 3.8) is 0 Å². The van der Waals surface area contributed by atoms with Crippen LogP contribution < -0.4 is 10.3 Å². The van der Waals surface area contributed by atoms with Crippen molar-refractivity contribution in [1.29, 1.82) is 0 Å². The number of halogens is 3. The van der Waals surface area contributed by atoms with E-state index in [2.05, 4.69) is 4.98 Å². The predicted molar refractivity (Wildman–Crippen MR) is 108 cm³/mol. The minimum Gasteiger partial charge on any atom is -0.507 e. The van der Waals surface area contributed by atoms with Gasteiger partial charge in [0, 0.05) is 21.9 Å². The van der Waals surface area contributed by atoms with Gasteiger partial charge in [0.05, 0.1) is 4.90 Å². The number of hydrogen-bond acceptors (Lipinski definition) is 5. The summed E-state index contributed by atoms with van der Waals surface area (Å²) in [4.78, 5) is 14.6. The topological polar surface area (TPSA) is 99.3 Å². The van der Waals surface area contributed by atoms with Gasteiger partial charge < -0.3 is 10.1 Å². The minimum absolute atomic E-state index is 0.0900. The summed E-state index contributed by atoms with van der Waals surface area (Å²) in [5.74, 6) is -0.0900. The largest absolute Gasteiger partial charge is 0.507 e. The van der Waals surface area contributed by atoms with Gasteiger partial charge in [-0.3, -0.25) is 4.79 Å². The lowest BCUT2D eigenvalue weighted by Gasteiger charge is -2.12. The number of benzene rings is 2. The van der Waals surface area contributed by atoms with Gasteiger partial charge >= 0.3 is 6.18 Å². The Bertz CT molecular complexity index is 1420. The molecule has 3 N–H and O–H groups in total. The molecule has 0 aliphatic rings. The van der Waals surface area contributed by atoms with Gasteiger partial charge in [0.25, 0.3) is 5.56 Å². The number of alkyl halides is 3. The number of thiophene rings is 1. The highest BCUT2D eigenvalue weighted by Gasteiger charge is 2.30. The second kappa shape index (κ2) is 7.11. The van der Waals surface area contributed by atoms with Gasteiger partial charge in [-0.15, -0.1) is 11.3 Å². The molecule has 0 radical (unpaired) electrons. The van der Waals surface area contributed by atoms with E-state index in [0.717, 1.165) is 12.1 Å². The van der Waals surface area contributed by atoms with Gasteiger partial charge in [-0.2, -0.15) is 13.2 Å². The number of phenols is 1. The Morgan fingerprint density at radius 3 is 2.43 bits per heavy atom. The fourth-order valence-corrected chi connectivity index (χ4v) is 5.00. The van der Waals surface area contributed by atoms with Gasteiger partial charge in [0.15, 0.2) is 0 Å². The zero-order chi connectivity index (χ0) is 21.7. The van der Waals surface area contributed by atoms with Crippen molar-refractivity contribution < 1.29 is 26.7 Å². The van der Waals surface area contributed by atoms with Crippen molar-refractivity contribution >= 4 is 42.3 Å². The van der Waals surface area contributed by atoms with Crippen LogP contribution in [0.5, 0.6) is 5.75 Å². The average molecular weight is 454 g/mol. The monoisotopic (exact) mass is 454 g/mol. The molecule has 156 valence electrons. The van der Waals surface area contributed by atoms with Crippen LogP contribution in [-0.2, 0) is 10.0 Å². The first-order chi connectivity index (χ1) is 14.1. The molecule has 2 aromatic heterocycles. The maximum absolute atomic E-state index is 12.3. The molecule has 2 heterocycles. The van der Waals surface area contributed by atoms with Gasteiger partial charge in [0.2, 0.25) is 10.0 Å². The van der Waals surface area contributed by atoms with Crippen molar-refractivity contribution in [2.45, 2.75) is 11.1 Å². The summed E-state index contributed by atoms with van der Waals surface area (Å²) in [6.07, 6.45) is -4.68. The molecule has 11 heteroatoms. The smallest absolute Gasteiger partial charge is 0.402 e. The van der Waals surface area contributed by atoms with E-state index in [-0.39, 0.29) is 16.2 Å². The summed E-state index contributed by atoms with van der Waals surface area (Å²) < 4.78 is 63.1. The first kappa shape index (κ1) is 20.4. The molecule has 0 amide bonds. The highest BCUT2D eigenvalue weighted by molar-refractivity contribution is 7.89. The van der Waals surface area contributed by atoms with E-state index in [0.29, 0.717) is 32.1 Å². The number of phenolic OH excluding ortho intramolecular Hbond substituents is 1. The Balaban J connectivity index is 1.83. The number of H-pyrrole nitrogens is 1. The maximum Gasteiger partial charge on any atom is 0.402 e. The summed E-state index contributed by atoms with van der Waals surface area (Å²) in [6.45, 7) is -1.68. The van der Waals surface area contributed by atoms with E-state index < -0.39 is 22.7 Å². The predicted octanol–water partition coefficient (Wildman–Crippen LogP) is 3.96. The number of nitrogens with one attached hydrogen (secondary N) is 2. The van der Waals surface area contributed by atoms with E-state index >= 15 is 0 Å². The molecule has 0 spiro atoms. The van der Waals surface area contributed by atoms with E-state index in [4.69, 9.17) is 0 Å². The molecule has 4 aromatic rings. The van der Waals surface area contributed by atoms with Crippen LogP contribution >= 0.6 is 11.3 Å². The summed E-state index contributed by atoms with van der Waals surface area (Å²) in [6, 6.07) is 9.81. The van der Waals surface area contributed by atoms with Crippen molar-refractivity contribution in [1.82, 2.24) is 9.71 Å². The van der Waals surface area contributed by atoms with E-state index in [1.165, 1.54) is 34.3 Å². The fourth-order valence-electron chi connectivity index (χ4n) is 3.19. The molecule has 0 aliphatic carbocycles. The molecule has 0 fully saturated rings. The number of aromatic amines is 1. The standard InChI is InChI=1S/C19H13F3N2O4S2/c20-19(21,22)9-23-30(27,28)11-3-1-10(2-4-11)15-14(25)6-5-13-16(15)12-7-8-29-17(12)18(26)24-13/h1-8,23,25H,9H2,(H,24,26). The van der Waals surface area contributed by atoms with E-state index in [1.807, 2.05) is 0 Å². The first-order valence-corrected chi connectivity index (χ1v) is 10.9. The van der Waals surface area contributed by atoms with Gasteiger partial charge in [-0.05, 0) is 41.3 Å². The Kier molecular flexibility index (Phi) is 4.83. The van der Waals surface area contributed by atoms with Crippen molar-refractivity contribution in [2.24, 2.45) is 0 Å². The molecule has 30 heavy (non-hydrogen) atoms. The molecule has 6 nitrogen and oxygen atoms in total. The molecule has 0 bridgehead atoms. The van der Waals surface area contributed by atoms with Gasteiger partial charge in [0.1, 0.15) is 17.0 Å². The van der Waals surface area contributed by atoms with Crippen LogP contribution in [0.1, 0.15) is 0 Å². The third-order valence-electron chi connectivity index (χ3n) is 4.49. The van der Waals surface area contributed by atoms with E-state index in [1.54, 1.807) is 17.5 Å². The lowest BCUT2D eigenvalue weighted by molar-refractivity contribution is -0.121. The summed E-state index contributed by atoms with van der Waals surface area (Å²) >= 11 is 1.25. The van der Waals surface area contributed by atoms with Crippen molar-refractivity contribution in [2.75, 3.05) is 6.54 Å². The van der Waals surface area contributed by atoms with Crippen LogP contribution in [0.3, 0.4) is 0 Å². The summed E-state index contributed by atoms with van der Waals surface area (Å²) in [5, 5.41) is 13.4. The Morgan fingerprint density at radius 1 is 1.07 bits per heavy atom. The van der Waals surface area contributed by atoms with Crippen LogP contribution in [0.15, 0.2) is 57.5 Å². The quantitative estimate of drug-likeness (QED) is 0.435. The molecular formula is C19H13F3N2O4S2. The van der Waals surface area contributed by atoms with Crippen molar-refractivity contribution in [3.05, 3.63) is 58.2 Å². The number of hydrogen-bond donors (Lipinski definition) is 3. The van der Waals surface area contributed by atoms with Crippen LogP contribution in [0.4, 0.5) is 13.2 Å². The molecule has 0 aliphatic heterocycles. The van der Waals surface area contributed by atoms with Crippen LogP contribution in [0.2, 0.25) is 0 Å². The number of aromatic nitrogens is 1. The van der Waals surface area contributed by atoms with Crippen LogP contribution in [0.25, 0.3) is 32.1 Å². The lowest BCUT2D eigenvalue weighted by atomic mass is 9.97. The van der Waals surface area contributed by atoms with Crippen LogP contribution in [0, 0.1) is 0 Å². The van der Waals surface area contributed by atoms with Gasteiger partial charge in [-0.25, -0.2) is 13.1 Å². The zero-order valence-electron chi connectivity index (χ0n) is 14.9. The minimum atomic E-state index is -4.68. The van der Waals surface area contributed by atoms with E-state index in [9.17, 15) is 31.5 Å². The maximum atomic E-state index is 12.3. The van der Waals surface area contributed by atoms with Crippen LogP contribution in [-0.4, -0.2) is 31.2 Å². The summed E-state index contributed by atoms with van der Waals surface area (Å²) in [7, 11) is -4.35. The fraction of sp³-hybridized carbons (Fsp3) is 0.105. The average Bonchev–Trinajstić information content (AvgIpc) is 3.17. The molecule has 4 rings (SSSR count). The molecular weight excluding hydrogens is 441 g/mol. The Hall–Kier alpha value is -2.89. The number of rotatable bonds is 4. The number of fused-ring (bicyclic) bond motifs is 3. The third kappa shape index (κ3) is 3.66. The Labute approximate surface area is 171 Å². The number of aromatic hydroxyl groups is 1. The lowest BCUT2D eigenvalue weighted by Crippen LogP contribution is -2.33. The molecule has 0 saturated carbocycles. The summed E-state index contributed by atoms with van der Waals surface area (Å²) in [5.41, 5.74) is 1.04. The zero-order valence-corrected chi connectivity index (χ0v) is 16.6. The number of sulfonamides is 1. The van der Waals surface area contributed by atoms with Crippen molar-refractivity contribution in [3.8, 4) is 16.9 Å². The number of pyridine rings is 1. The molecule has 0 saturated heterocycles. The second-order valence-corrected chi connectivity index (χ2v) is 9.15. The third-order valence-corrected chi connectivity index (χ3v) is 6.82. The SMILES string of the molecule is O=c1[nH]c2ccc(O)c(-c3ccc(S(=O)(=O)NCC(F)(F)F)cc3)c2c2ccsc12. The molecule has 0 unspecified atom stereocenters. The molecule has 2 aromatic carbocycles. The molecule has 0 atom stereocenters. The van der Waals surface area contributed by atoms with Gasteiger partial charge in [-0.1, -0.05) is 12.1 Å². The Morgan fingerprint density at radius 2 is 1.77 bits per heavy atom. The normalized spacial score (nSPS) is 12.6. The second-order valence-electron chi connectivity index (χ2n) is 6.46. The highest BCUT2D eigenvalue weighted by atomic mass is 32.2. The highest BCUT2D eigenvalue weighted by Crippen LogP contribution is 2.39. The first-order valence-electron chi connectivity index (χ1n) is 8.49.